The summed E-state index contributed by atoms with van der Waals surface area (Å²) in [6.07, 6.45) is 12.1. The van der Waals surface area contributed by atoms with Gasteiger partial charge in [-0.2, -0.15) is 10.2 Å². The van der Waals surface area contributed by atoms with E-state index >= 15 is 0 Å². The second-order valence-electron chi connectivity index (χ2n) is 5.58. The molecule has 3 rings (SSSR count). The van der Waals surface area contributed by atoms with Crippen LogP contribution in [0.3, 0.4) is 0 Å². The van der Waals surface area contributed by atoms with Crippen LogP contribution in [0.1, 0.15) is 54.2 Å². The topological polar surface area (TPSA) is 52.7 Å². The molecule has 2 aromatic heterocycles. The van der Waals surface area contributed by atoms with Crippen LogP contribution in [-0.2, 0) is 13.5 Å². The first-order valence-corrected chi connectivity index (χ1v) is 7.28. The fraction of sp³-hybridized carbons (Fsp3) is 0.533. The molecule has 0 atom stereocenters. The zero-order chi connectivity index (χ0) is 13.9. The minimum absolute atomic E-state index is 0.0759. The molecule has 1 fully saturated rings. The number of aryl methyl sites for hydroxylation is 1. The van der Waals surface area contributed by atoms with Gasteiger partial charge in [-0.25, -0.2) is 0 Å². The Hall–Kier alpha value is -1.91. The number of aromatic nitrogens is 4. The van der Waals surface area contributed by atoms with Crippen molar-refractivity contribution in [1.29, 1.82) is 0 Å². The van der Waals surface area contributed by atoms with Gasteiger partial charge in [0.25, 0.3) is 0 Å². The molecule has 1 aliphatic rings. The number of carbonyl (C=O) groups excluding carboxylic acids is 1. The van der Waals surface area contributed by atoms with Gasteiger partial charge in [-0.1, -0.05) is 19.3 Å². The van der Waals surface area contributed by atoms with Gasteiger partial charge in [-0.05, 0) is 18.9 Å². The van der Waals surface area contributed by atoms with Gasteiger partial charge in [-0.15, -0.1) is 0 Å². The van der Waals surface area contributed by atoms with Crippen molar-refractivity contribution < 1.29 is 4.79 Å². The highest BCUT2D eigenvalue weighted by Crippen LogP contribution is 2.27. The van der Waals surface area contributed by atoms with Crippen molar-refractivity contribution in [3.63, 3.8) is 0 Å². The molecule has 0 saturated heterocycles. The molecule has 0 aromatic carbocycles. The summed E-state index contributed by atoms with van der Waals surface area (Å²) in [6, 6.07) is 2.48. The SMILES string of the molecule is Cn1cc(C(=O)Cc2ccn(C3CCCCC3)n2)cn1. The Balaban J connectivity index is 1.66. The lowest BCUT2D eigenvalue weighted by Gasteiger charge is -2.21. The summed E-state index contributed by atoms with van der Waals surface area (Å²) in [5.41, 5.74) is 1.50. The van der Waals surface area contributed by atoms with E-state index in [9.17, 15) is 4.79 Å². The maximum atomic E-state index is 12.1. The van der Waals surface area contributed by atoms with E-state index in [1.54, 1.807) is 17.1 Å². The van der Waals surface area contributed by atoms with Gasteiger partial charge in [0, 0.05) is 19.4 Å². The van der Waals surface area contributed by atoms with E-state index in [2.05, 4.69) is 10.2 Å². The second kappa shape index (κ2) is 5.61. The molecule has 20 heavy (non-hydrogen) atoms. The van der Waals surface area contributed by atoms with Crippen molar-refractivity contribution in [2.75, 3.05) is 0 Å². The van der Waals surface area contributed by atoms with E-state index in [0.717, 1.165) is 5.69 Å². The largest absolute Gasteiger partial charge is 0.294 e. The molecule has 0 aliphatic heterocycles. The fourth-order valence-electron chi connectivity index (χ4n) is 2.85. The quantitative estimate of drug-likeness (QED) is 0.804. The molecule has 2 aromatic rings. The van der Waals surface area contributed by atoms with Gasteiger partial charge in [0.05, 0.1) is 29.9 Å². The zero-order valence-corrected chi connectivity index (χ0v) is 11.8. The molecule has 0 N–H and O–H groups in total. The first kappa shape index (κ1) is 13.1. The Morgan fingerprint density at radius 3 is 2.85 bits per heavy atom. The Morgan fingerprint density at radius 2 is 2.15 bits per heavy atom. The summed E-state index contributed by atoms with van der Waals surface area (Å²) in [5.74, 6) is 0.0759. The van der Waals surface area contributed by atoms with E-state index in [-0.39, 0.29) is 5.78 Å². The average molecular weight is 272 g/mol. The Morgan fingerprint density at radius 1 is 1.35 bits per heavy atom. The van der Waals surface area contributed by atoms with Crippen molar-refractivity contribution in [3.05, 3.63) is 35.9 Å². The summed E-state index contributed by atoms with van der Waals surface area (Å²) in [7, 11) is 1.81. The lowest BCUT2D eigenvalue weighted by molar-refractivity contribution is 0.0991. The predicted octanol–water partition coefficient (Wildman–Crippen LogP) is 2.55. The summed E-state index contributed by atoms with van der Waals surface area (Å²) in [6.45, 7) is 0. The van der Waals surface area contributed by atoms with E-state index in [1.807, 2.05) is 24.0 Å². The maximum Gasteiger partial charge on any atom is 0.172 e. The molecule has 0 unspecified atom stereocenters. The van der Waals surface area contributed by atoms with E-state index in [4.69, 9.17) is 0 Å². The molecular formula is C15H20N4O. The molecule has 0 spiro atoms. The van der Waals surface area contributed by atoms with Crippen LogP contribution in [0.15, 0.2) is 24.7 Å². The average Bonchev–Trinajstić information content (AvgIpc) is 3.09. The van der Waals surface area contributed by atoms with Gasteiger partial charge >= 0.3 is 0 Å². The second-order valence-corrected chi connectivity index (χ2v) is 5.58. The van der Waals surface area contributed by atoms with Crippen LogP contribution in [0.25, 0.3) is 0 Å². The number of nitrogens with zero attached hydrogens (tertiary/aromatic N) is 4. The minimum Gasteiger partial charge on any atom is -0.294 e. The molecule has 0 radical (unpaired) electrons. The van der Waals surface area contributed by atoms with Gasteiger partial charge in [0.15, 0.2) is 5.78 Å². The molecule has 0 amide bonds. The number of Topliss-reactive ketones (excluding diaryl/α,β-unsaturated/α-hetero) is 1. The van der Waals surface area contributed by atoms with Crippen LogP contribution in [0, 0.1) is 0 Å². The van der Waals surface area contributed by atoms with Crippen molar-refractivity contribution in [1.82, 2.24) is 19.6 Å². The lowest BCUT2D eigenvalue weighted by atomic mass is 9.96. The smallest absolute Gasteiger partial charge is 0.172 e. The van der Waals surface area contributed by atoms with E-state index in [1.165, 1.54) is 32.1 Å². The number of ketones is 1. The molecule has 1 aliphatic carbocycles. The normalized spacial score (nSPS) is 16.4. The third kappa shape index (κ3) is 2.81. The van der Waals surface area contributed by atoms with Crippen LogP contribution in [0.4, 0.5) is 0 Å². The Labute approximate surface area is 118 Å². The summed E-state index contributed by atoms with van der Waals surface area (Å²) >= 11 is 0. The van der Waals surface area contributed by atoms with Crippen molar-refractivity contribution in [3.8, 4) is 0 Å². The molecule has 1 saturated carbocycles. The Kier molecular flexibility index (Phi) is 3.67. The standard InChI is InChI=1S/C15H20N4O/c1-18-11-12(10-16-18)15(20)9-13-7-8-19(17-13)14-5-3-2-4-6-14/h7-8,10-11,14H,2-6,9H2,1H3. The van der Waals surface area contributed by atoms with Crippen molar-refractivity contribution in [2.24, 2.45) is 7.05 Å². The van der Waals surface area contributed by atoms with Crippen LogP contribution < -0.4 is 0 Å². The summed E-state index contributed by atoms with van der Waals surface area (Å²) < 4.78 is 3.69. The van der Waals surface area contributed by atoms with Crippen LogP contribution in [0.5, 0.6) is 0 Å². The predicted molar refractivity (Wildman–Crippen MR) is 75.6 cm³/mol. The number of carbonyl (C=O) groups is 1. The number of rotatable bonds is 4. The molecule has 5 heteroatoms. The fourth-order valence-corrected chi connectivity index (χ4v) is 2.85. The highest BCUT2D eigenvalue weighted by atomic mass is 16.1. The van der Waals surface area contributed by atoms with Gasteiger partial charge in [0.1, 0.15) is 0 Å². The maximum absolute atomic E-state index is 12.1. The molecule has 0 bridgehead atoms. The summed E-state index contributed by atoms with van der Waals surface area (Å²) in [5, 5.41) is 8.60. The first-order chi connectivity index (χ1) is 9.72. The molecular weight excluding hydrogens is 252 g/mol. The minimum atomic E-state index is 0.0759. The highest BCUT2D eigenvalue weighted by molar-refractivity contribution is 5.96. The lowest BCUT2D eigenvalue weighted by Crippen LogP contribution is -2.14. The molecule has 2 heterocycles. The van der Waals surface area contributed by atoms with Crippen LogP contribution in [-0.4, -0.2) is 25.3 Å². The molecule has 5 nitrogen and oxygen atoms in total. The van der Waals surface area contributed by atoms with Gasteiger partial charge in [-0.3, -0.25) is 14.2 Å². The van der Waals surface area contributed by atoms with Crippen LogP contribution in [0.2, 0.25) is 0 Å². The monoisotopic (exact) mass is 272 g/mol. The van der Waals surface area contributed by atoms with Gasteiger partial charge < -0.3 is 0 Å². The van der Waals surface area contributed by atoms with Gasteiger partial charge in [0.2, 0.25) is 0 Å². The Bertz CT molecular complexity index is 593. The number of hydrogen-bond donors (Lipinski definition) is 0. The zero-order valence-electron chi connectivity index (χ0n) is 11.8. The van der Waals surface area contributed by atoms with Crippen LogP contribution >= 0.6 is 0 Å². The third-order valence-electron chi connectivity index (χ3n) is 3.98. The molecule has 106 valence electrons. The number of hydrogen-bond acceptors (Lipinski definition) is 3. The van der Waals surface area contributed by atoms with E-state index < -0.39 is 0 Å². The van der Waals surface area contributed by atoms with Crippen molar-refractivity contribution >= 4 is 5.78 Å². The summed E-state index contributed by atoms with van der Waals surface area (Å²) in [4.78, 5) is 12.1. The van der Waals surface area contributed by atoms with E-state index in [0.29, 0.717) is 18.0 Å². The third-order valence-corrected chi connectivity index (χ3v) is 3.98. The van der Waals surface area contributed by atoms with Crippen molar-refractivity contribution in [2.45, 2.75) is 44.6 Å². The first-order valence-electron chi connectivity index (χ1n) is 7.28. The highest BCUT2D eigenvalue weighted by Gasteiger charge is 2.17.